The molecule has 0 saturated heterocycles. The van der Waals surface area contributed by atoms with Crippen LogP contribution in [-0.2, 0) is 66.8 Å². The first kappa shape index (κ1) is 69.8. The minimum atomic E-state index is -1.06. The summed E-state index contributed by atoms with van der Waals surface area (Å²) < 4.78 is 33.4. The summed E-state index contributed by atoms with van der Waals surface area (Å²) in [7, 11) is 5.60. The maximum absolute atomic E-state index is 14.2. The third kappa shape index (κ3) is 20.2. The molecule has 0 saturated carbocycles. The molecular formula is C62H85N7O16. The topological polar surface area (TPSA) is 338 Å². The number of rotatable bonds is 16. The van der Waals surface area contributed by atoms with Gasteiger partial charge in [-0.05, 0) is 102 Å². The highest BCUT2D eigenvalue weighted by molar-refractivity contribution is 6.24. The van der Waals surface area contributed by atoms with E-state index < -0.39 is 95.6 Å². The van der Waals surface area contributed by atoms with Gasteiger partial charge in [-0.15, -0.1) is 0 Å². The van der Waals surface area contributed by atoms with Gasteiger partial charge in [0.15, 0.2) is 23.8 Å². The fraction of sp³-hybridized carbons (Fsp3) is 0.516. The minimum absolute atomic E-state index is 0.0495. The number of hydrogen-bond donors (Lipinski definition) is 7. The molecule has 2 aliphatic heterocycles. The SMILES string of the molecule is CO[C@H]1C[C@H](C)CC2=C(NCCCNCCCNC3=C4C[C@@H](C)C[C@H](OC)C(=O)[C@@H](C)/C=C(\C)[C@H](OC(N)=O)[C@@H](OC)/C=C\C=C(/C)C(=O)NC(=CC3=O)C4=O)C(=O)C=C(NC(=O)/C(C)=C/C=C\[C@H](OC)[C@@H](OC(N)=O)/C(C)=C/[C@H](C)C1=O)C2=O. The molecule has 2 aliphatic carbocycles. The zero-order valence-corrected chi connectivity index (χ0v) is 50.8. The lowest BCUT2D eigenvalue weighted by atomic mass is 9.85. The van der Waals surface area contributed by atoms with Crippen LogP contribution in [-0.4, -0.2) is 150 Å². The summed E-state index contributed by atoms with van der Waals surface area (Å²) in [6.45, 7) is 14.8. The monoisotopic (exact) mass is 1180 g/mol. The second kappa shape index (κ2) is 33.7. The third-order valence-corrected chi connectivity index (χ3v) is 14.8. The van der Waals surface area contributed by atoms with Crippen molar-refractivity contribution in [2.75, 3.05) is 54.6 Å². The summed E-state index contributed by atoms with van der Waals surface area (Å²) in [4.78, 5) is 135. The largest absolute Gasteiger partial charge is 0.439 e. The van der Waals surface area contributed by atoms with Gasteiger partial charge in [-0.3, -0.25) is 38.4 Å². The Labute approximate surface area is 497 Å². The molecule has 0 aromatic carbocycles. The molecule has 0 unspecified atom stereocenters. The van der Waals surface area contributed by atoms with E-state index in [4.69, 9.17) is 39.9 Å². The van der Waals surface area contributed by atoms with Crippen LogP contribution in [0.15, 0.2) is 117 Å². The quantitative estimate of drug-likeness (QED) is 0.0635. The molecule has 0 spiro atoms. The van der Waals surface area contributed by atoms with Gasteiger partial charge >= 0.3 is 12.2 Å². The van der Waals surface area contributed by atoms with Gasteiger partial charge in [0.05, 0.1) is 22.8 Å². The number of carbonyl (C=O) groups excluding carboxylic acids is 10. The molecule has 4 amide bonds. The van der Waals surface area contributed by atoms with Gasteiger partial charge in [-0.25, -0.2) is 9.59 Å². The number of hydrogen-bond acceptors (Lipinski definition) is 19. The predicted molar refractivity (Wildman–Crippen MR) is 315 cm³/mol. The molecule has 4 bridgehead atoms. The maximum atomic E-state index is 14.2. The Hall–Kier alpha value is -7.70. The molecule has 23 heteroatoms. The number of allylic oxidation sites excluding steroid dienone is 10. The first-order chi connectivity index (χ1) is 40.3. The van der Waals surface area contributed by atoms with Crippen LogP contribution in [0.4, 0.5) is 9.59 Å². The fourth-order valence-corrected chi connectivity index (χ4v) is 10.2. The standard InChI is InChI=1S/C62H85N7O16/c1-33-25-41-51(45(70)31-43(55(41)74)68-59(76)35(3)17-13-19-47(80-9)57(84-61(63)78)39(7)29-37(5)53(72)49(27-33)82-11)66-23-15-21-65-22-16-24-67-52-42-26-34(2)28-50(83-12)54(73)38(6)30-40(8)58(85-62(64)79)48(81-10)20-14-18-36(4)60(77)69-44(56(42)75)32-46(52)71/h13-14,17-20,29-34,37-38,47-50,57-58,65-67H,15-16,21-28H2,1-12H3,(H2,63,78)(H2,64,79)(H,68,76)(H,69,77)/b19-13-,20-14-,35-17+,36-18+,39-29+,40-30+/t33-,34-,37+,38+,47+,48+,49+,50+,57+,58+/m1/s1. The smallest absolute Gasteiger partial charge is 0.405 e. The van der Waals surface area contributed by atoms with E-state index in [9.17, 15) is 47.9 Å². The number of Topliss-reactive ketones (excluding diaryl/α,β-unsaturated/α-hetero) is 4. The molecule has 4 rings (SSSR count). The molecule has 0 radical (unpaired) electrons. The minimum Gasteiger partial charge on any atom is -0.439 e. The first-order valence-electron chi connectivity index (χ1n) is 28.3. The van der Waals surface area contributed by atoms with Crippen molar-refractivity contribution < 1.29 is 76.4 Å². The van der Waals surface area contributed by atoms with Crippen LogP contribution in [0.5, 0.6) is 0 Å². The fourth-order valence-electron chi connectivity index (χ4n) is 10.2. The van der Waals surface area contributed by atoms with Crippen LogP contribution in [0.25, 0.3) is 0 Å². The summed E-state index contributed by atoms with van der Waals surface area (Å²) in [6, 6.07) is 0. The van der Waals surface area contributed by atoms with Crippen molar-refractivity contribution >= 4 is 58.7 Å². The number of nitrogens with one attached hydrogen (secondary N) is 5. The highest BCUT2D eigenvalue weighted by Crippen LogP contribution is 2.30. The Morgan fingerprint density at radius 1 is 0.553 bits per heavy atom. The van der Waals surface area contributed by atoms with Crippen molar-refractivity contribution in [3.8, 4) is 0 Å². The first-order valence-corrected chi connectivity index (χ1v) is 28.3. The predicted octanol–water partition coefficient (Wildman–Crippen LogP) is 4.50. The van der Waals surface area contributed by atoms with Crippen molar-refractivity contribution in [1.82, 2.24) is 26.6 Å². The molecule has 2 heterocycles. The van der Waals surface area contributed by atoms with Crippen LogP contribution < -0.4 is 38.1 Å². The maximum Gasteiger partial charge on any atom is 0.405 e. The van der Waals surface area contributed by atoms with Gasteiger partial charge in [0.2, 0.25) is 23.1 Å². The second-order valence-electron chi connectivity index (χ2n) is 21.8. The number of carbonyl (C=O) groups is 10. The van der Waals surface area contributed by atoms with Crippen LogP contribution in [0.1, 0.15) is 93.9 Å². The number of ether oxygens (including phenoxy) is 6. The molecule has 85 heavy (non-hydrogen) atoms. The van der Waals surface area contributed by atoms with E-state index >= 15 is 0 Å². The van der Waals surface area contributed by atoms with Crippen LogP contribution >= 0.6 is 0 Å². The van der Waals surface area contributed by atoms with Crippen LogP contribution in [0.2, 0.25) is 0 Å². The molecule has 4 aliphatic rings. The molecule has 9 N–H and O–H groups in total. The van der Waals surface area contributed by atoms with Crippen molar-refractivity contribution in [2.45, 2.75) is 131 Å². The van der Waals surface area contributed by atoms with Gasteiger partial charge in [0.25, 0.3) is 11.8 Å². The van der Waals surface area contributed by atoms with Crippen LogP contribution in [0.3, 0.4) is 0 Å². The molecule has 23 nitrogen and oxygen atoms in total. The summed E-state index contributed by atoms with van der Waals surface area (Å²) in [6.07, 6.45) is 8.12. The molecule has 0 aromatic rings. The van der Waals surface area contributed by atoms with Crippen molar-refractivity contribution in [1.29, 1.82) is 0 Å². The van der Waals surface area contributed by atoms with E-state index in [1.54, 1.807) is 52.0 Å². The van der Waals surface area contributed by atoms with Gasteiger partial charge in [0.1, 0.15) is 24.4 Å². The van der Waals surface area contributed by atoms with Gasteiger partial charge in [-0.1, -0.05) is 76.3 Å². The normalized spacial score (nSPS) is 30.0. The highest BCUT2D eigenvalue weighted by Gasteiger charge is 2.36. The van der Waals surface area contributed by atoms with Crippen molar-refractivity contribution in [3.63, 3.8) is 0 Å². The van der Waals surface area contributed by atoms with Crippen molar-refractivity contribution in [2.24, 2.45) is 35.1 Å². The zero-order valence-electron chi connectivity index (χ0n) is 50.8. The molecular weight excluding hydrogens is 1100 g/mol. The van der Waals surface area contributed by atoms with E-state index in [0.717, 1.165) is 12.2 Å². The average molecular weight is 1180 g/mol. The Bertz CT molecular complexity index is 2700. The summed E-state index contributed by atoms with van der Waals surface area (Å²) >= 11 is 0. The van der Waals surface area contributed by atoms with Gasteiger partial charge < -0.3 is 66.5 Å². The van der Waals surface area contributed by atoms with Gasteiger partial charge in [0, 0.05) is 87.8 Å². The lowest BCUT2D eigenvalue weighted by molar-refractivity contribution is -0.132. The number of ketones is 6. The van der Waals surface area contributed by atoms with E-state index in [0.29, 0.717) is 37.1 Å². The highest BCUT2D eigenvalue weighted by atomic mass is 16.6. The second-order valence-corrected chi connectivity index (χ2v) is 21.8. The number of amides is 4. The summed E-state index contributed by atoms with van der Waals surface area (Å²) in [5.74, 6) is -6.27. The van der Waals surface area contributed by atoms with Crippen LogP contribution in [0, 0.1) is 23.7 Å². The molecule has 0 fully saturated rings. The number of fused-ring (bicyclic) bond motifs is 4. The molecule has 464 valence electrons. The lowest BCUT2D eigenvalue weighted by Crippen LogP contribution is -2.37. The third-order valence-electron chi connectivity index (χ3n) is 14.8. The number of nitrogens with two attached hydrogens (primary N) is 2. The Morgan fingerprint density at radius 2 is 0.918 bits per heavy atom. The Morgan fingerprint density at radius 3 is 1.25 bits per heavy atom. The number of primary amides is 2. The van der Waals surface area contributed by atoms with E-state index in [-0.39, 0.29) is 107 Å². The van der Waals surface area contributed by atoms with E-state index in [1.165, 1.54) is 66.6 Å². The average Bonchev–Trinajstić information content (AvgIpc) is 2.30. The Kier molecular flexibility index (Phi) is 27.7. The summed E-state index contributed by atoms with van der Waals surface area (Å²) in [5, 5.41) is 14.8. The molecule has 0 aromatic heterocycles. The van der Waals surface area contributed by atoms with E-state index in [2.05, 4.69) is 26.6 Å². The van der Waals surface area contributed by atoms with Gasteiger partial charge in [-0.2, -0.15) is 0 Å². The van der Waals surface area contributed by atoms with E-state index in [1.807, 2.05) is 13.8 Å². The Balaban J connectivity index is 1.49. The lowest BCUT2D eigenvalue weighted by Gasteiger charge is -2.26. The summed E-state index contributed by atoms with van der Waals surface area (Å²) in [5.41, 5.74) is 12.1. The number of methoxy groups -OCH3 is 4. The van der Waals surface area contributed by atoms with Crippen molar-refractivity contribution in [3.05, 3.63) is 117 Å². The molecule has 10 atom stereocenters. The zero-order chi connectivity index (χ0) is 63.2.